The molecule has 0 radical (unpaired) electrons. The minimum atomic E-state index is -4.61. The number of rotatable bonds is 21. The van der Waals surface area contributed by atoms with Gasteiger partial charge in [-0.3, -0.25) is 29.1 Å². The van der Waals surface area contributed by atoms with Gasteiger partial charge < -0.3 is 58.4 Å². The number of para-hydroxylation sites is 1. The molecule has 6 aliphatic heterocycles. The molecule has 3 saturated carbocycles. The molecule has 21 nitrogen and oxygen atoms in total. The van der Waals surface area contributed by atoms with E-state index in [1.807, 2.05) is 0 Å². The average molecular weight is 1510 g/mol. The highest BCUT2D eigenvalue weighted by molar-refractivity contribution is 5.79. The van der Waals surface area contributed by atoms with Crippen LogP contribution in [-0.2, 0) is 48.2 Å². The Morgan fingerprint density at radius 3 is 1.10 bits per heavy atom. The Bertz CT molecular complexity index is 3530. The number of amides is 3. The normalized spacial score (nSPS) is 22.1. The Labute approximate surface area is 599 Å². The lowest BCUT2D eigenvalue weighted by atomic mass is 9.85. The Hall–Kier alpha value is -7.68. The van der Waals surface area contributed by atoms with E-state index in [4.69, 9.17) is 14.2 Å². The number of carbonyl (C=O) groups excluding carboxylic acids is 3. The molecule has 582 valence electrons. The number of halogens is 12. The first-order valence-electron chi connectivity index (χ1n) is 35.6. The van der Waals surface area contributed by atoms with Crippen molar-refractivity contribution >= 4 is 36.2 Å². The average Bonchev–Trinajstić information content (AvgIpc) is 1.74. The number of likely N-dealkylation sites (tertiary alicyclic amines) is 6. The van der Waals surface area contributed by atoms with Crippen LogP contribution in [0.4, 0.5) is 67.1 Å². The van der Waals surface area contributed by atoms with Gasteiger partial charge in [0.1, 0.15) is 59.2 Å². The van der Waals surface area contributed by atoms with Gasteiger partial charge in [-0.1, -0.05) is 18.2 Å². The number of piperidine rings is 3. The summed E-state index contributed by atoms with van der Waals surface area (Å²) in [7, 11) is 0. The van der Waals surface area contributed by atoms with Crippen molar-refractivity contribution in [3.05, 3.63) is 88.7 Å². The van der Waals surface area contributed by atoms with Crippen molar-refractivity contribution in [3.63, 3.8) is 0 Å². The second-order valence-corrected chi connectivity index (χ2v) is 29.8. The van der Waals surface area contributed by atoms with Gasteiger partial charge in [-0.25, -0.2) is 27.6 Å². The summed E-state index contributed by atoms with van der Waals surface area (Å²) in [6.45, 7) is 7.54. The molecule has 3 aromatic carbocycles. The van der Waals surface area contributed by atoms with Gasteiger partial charge in [-0.05, 0) is 186 Å². The number of carboxylic acids is 3. The first-order chi connectivity index (χ1) is 49.3. The Morgan fingerprint density at radius 2 is 0.733 bits per heavy atom. The molecule has 3 N–H and O–H groups in total. The third kappa shape index (κ3) is 19.0. The molecule has 12 rings (SSSR count). The largest absolute Gasteiger partial charge is 0.492 e. The predicted octanol–water partition coefficient (Wildman–Crippen LogP) is 13.8. The smallest absolute Gasteiger partial charge is 0.425 e. The summed E-state index contributed by atoms with van der Waals surface area (Å²) in [4.78, 5) is 81.7. The fourth-order valence-electron chi connectivity index (χ4n) is 15.0. The maximum atomic E-state index is 14.7. The Kier molecular flexibility index (Phi) is 24.1. The van der Waals surface area contributed by atoms with Crippen LogP contribution in [0.15, 0.2) is 54.6 Å². The fraction of sp³-hybridized carbons (Fsp3) is 0.667. The molecule has 3 unspecified atom stereocenters. The van der Waals surface area contributed by atoms with Crippen molar-refractivity contribution in [2.75, 3.05) is 78.7 Å². The molecule has 3 spiro atoms. The van der Waals surface area contributed by atoms with Crippen LogP contribution in [0, 0.1) is 33.7 Å². The van der Waals surface area contributed by atoms with Crippen molar-refractivity contribution in [1.82, 2.24) is 29.4 Å². The van der Waals surface area contributed by atoms with Crippen molar-refractivity contribution < 1.29 is 125 Å². The molecule has 9 fully saturated rings. The van der Waals surface area contributed by atoms with Gasteiger partial charge in [-0.15, -0.1) is 0 Å². The zero-order chi connectivity index (χ0) is 76.3. The standard InChI is InChI=1S/3C24H30F4N2O5/c1-16(24(26,27)28)35-21(33)29-11-8-23(9-12-29)5-2-10-30(23)14-17-13-18(25)3-4-19(17)34-15-22(6-7-22)20(31)32;1-16(24(26,27)28)35-21(33)29-11-8-23(9-12-29)5-2-10-30(23)14-17-3-4-18(25)13-19(17)34-15-22(6-7-22)20(31)32;1-16(24(26,27)28)35-21(33)29-12-9-23(10-13-29)6-3-11-30(23)14-17-4-2-5-18(25)19(17)34-15-22(7-8-22)20(31)32/h2*3-4,13,16H,2,5-12,14-15H2,1H3,(H,31,32);2,4-5,16H,3,6-15H2,1H3,(H,31,32). The SMILES string of the molecule is CC(OC(=O)N1CCC2(CCCN2Cc2cc(F)ccc2OCC2(C(=O)O)CC2)CC1)C(F)(F)F.CC(OC(=O)N1CCC2(CCCN2Cc2ccc(F)cc2OCC2(C(=O)O)CC2)CC1)C(F)(F)F.CC(OC(=O)N1CCC2(CCCN2Cc2cccc(F)c2OCC2(C(=O)O)CC2)CC1)C(F)(F)F. The number of nitrogens with zero attached hydrogens (tertiary/aromatic N) is 6. The van der Waals surface area contributed by atoms with E-state index in [2.05, 4.69) is 28.9 Å². The minimum absolute atomic E-state index is 0.0165. The van der Waals surface area contributed by atoms with Gasteiger partial charge in [0.25, 0.3) is 0 Å². The number of benzene rings is 3. The molecule has 3 amide bonds. The van der Waals surface area contributed by atoms with Crippen LogP contribution in [0.1, 0.15) is 153 Å². The molecule has 3 aliphatic carbocycles. The highest BCUT2D eigenvalue weighted by Gasteiger charge is 2.55. The van der Waals surface area contributed by atoms with E-state index in [1.54, 1.807) is 18.2 Å². The molecule has 9 aliphatic rings. The molecule has 0 bridgehead atoms. The number of carboxylic acid groups (broad SMARTS) is 3. The van der Waals surface area contributed by atoms with Crippen LogP contribution < -0.4 is 14.2 Å². The van der Waals surface area contributed by atoms with Gasteiger partial charge in [0.2, 0.25) is 0 Å². The van der Waals surface area contributed by atoms with E-state index >= 15 is 0 Å². The first kappa shape index (κ1) is 79.9. The molecule has 3 aromatic rings. The lowest BCUT2D eigenvalue weighted by Crippen LogP contribution is -2.53. The van der Waals surface area contributed by atoms with Crippen molar-refractivity contribution in [2.45, 2.75) is 209 Å². The molecule has 6 heterocycles. The quantitative estimate of drug-likeness (QED) is 0.0664. The Balaban J connectivity index is 0.000000169. The van der Waals surface area contributed by atoms with E-state index < -0.39 is 107 Å². The van der Waals surface area contributed by atoms with Crippen molar-refractivity contribution in [2.24, 2.45) is 16.2 Å². The number of ether oxygens (including phenoxy) is 6. The summed E-state index contributed by atoms with van der Waals surface area (Å²) in [6.07, 6.45) is -11.3. The molecular formula is C72H90F12N6O15. The number of hydrogen-bond donors (Lipinski definition) is 3. The summed E-state index contributed by atoms with van der Waals surface area (Å²) >= 11 is 0. The molecule has 105 heavy (non-hydrogen) atoms. The molecule has 33 heteroatoms. The zero-order valence-electron chi connectivity index (χ0n) is 58.7. The summed E-state index contributed by atoms with van der Waals surface area (Å²) in [5.41, 5.74) is -1.47. The third-order valence-corrected chi connectivity index (χ3v) is 22.9. The van der Waals surface area contributed by atoms with Crippen LogP contribution in [0.3, 0.4) is 0 Å². The summed E-state index contributed by atoms with van der Waals surface area (Å²) in [5.74, 6) is -3.36. The van der Waals surface area contributed by atoms with Gasteiger partial charge in [0.05, 0.1) is 0 Å². The second-order valence-electron chi connectivity index (χ2n) is 29.8. The predicted molar refractivity (Wildman–Crippen MR) is 349 cm³/mol. The van der Waals surface area contributed by atoms with Gasteiger partial charge >= 0.3 is 54.7 Å². The second kappa shape index (κ2) is 31.6. The van der Waals surface area contributed by atoms with E-state index in [-0.39, 0.29) is 81.5 Å². The number of hydrogen-bond acceptors (Lipinski definition) is 15. The molecular weight excluding hydrogens is 1420 g/mol. The minimum Gasteiger partial charge on any atom is -0.492 e. The lowest BCUT2D eigenvalue weighted by Gasteiger charge is -2.45. The van der Waals surface area contributed by atoms with E-state index in [1.165, 1.54) is 51.1 Å². The highest BCUT2D eigenvalue weighted by atomic mass is 19.4. The third-order valence-electron chi connectivity index (χ3n) is 22.9. The summed E-state index contributed by atoms with van der Waals surface area (Å²) in [5, 5.41) is 28.2. The maximum absolute atomic E-state index is 14.7. The van der Waals surface area contributed by atoms with Crippen LogP contribution in [0.2, 0.25) is 0 Å². The van der Waals surface area contributed by atoms with E-state index in [0.29, 0.717) is 119 Å². The monoisotopic (exact) mass is 1510 g/mol. The van der Waals surface area contributed by atoms with Crippen LogP contribution in [0.25, 0.3) is 0 Å². The van der Waals surface area contributed by atoms with Crippen molar-refractivity contribution in [1.29, 1.82) is 0 Å². The van der Waals surface area contributed by atoms with Gasteiger partial charge in [0.15, 0.2) is 29.9 Å². The summed E-state index contributed by atoms with van der Waals surface area (Å²) < 4.78 is 188. The maximum Gasteiger partial charge on any atom is 0.425 e. The zero-order valence-corrected chi connectivity index (χ0v) is 58.7. The lowest BCUT2D eigenvalue weighted by molar-refractivity contribution is -0.200. The van der Waals surface area contributed by atoms with E-state index in [9.17, 15) is 96.8 Å². The van der Waals surface area contributed by atoms with Crippen LogP contribution in [0.5, 0.6) is 17.2 Å². The van der Waals surface area contributed by atoms with Crippen molar-refractivity contribution in [3.8, 4) is 17.2 Å². The van der Waals surface area contributed by atoms with E-state index in [0.717, 1.165) is 84.5 Å². The topological polar surface area (TPSA) is 238 Å². The highest BCUT2D eigenvalue weighted by Crippen LogP contribution is 2.50. The van der Waals surface area contributed by atoms with Crippen LogP contribution >= 0.6 is 0 Å². The fourth-order valence-corrected chi connectivity index (χ4v) is 15.0. The number of alkyl halides is 9. The Morgan fingerprint density at radius 1 is 0.400 bits per heavy atom. The number of aliphatic carboxylic acids is 3. The summed E-state index contributed by atoms with van der Waals surface area (Å²) in [6, 6.07) is 13.1. The molecule has 6 saturated heterocycles. The van der Waals surface area contributed by atoms with Crippen LogP contribution in [-0.4, -0.2) is 213 Å². The number of carbonyl (C=O) groups is 6. The van der Waals surface area contributed by atoms with Gasteiger partial charge in [0, 0.05) is 98.3 Å². The van der Waals surface area contributed by atoms with Gasteiger partial charge in [-0.2, -0.15) is 39.5 Å². The first-order valence-corrected chi connectivity index (χ1v) is 35.6. The molecule has 3 atom stereocenters. The molecule has 0 aromatic heterocycles.